The summed E-state index contributed by atoms with van der Waals surface area (Å²) in [5, 5.41) is 3.38. The van der Waals surface area contributed by atoms with Gasteiger partial charge in [-0.3, -0.25) is 4.79 Å². The lowest BCUT2D eigenvalue weighted by Crippen LogP contribution is -2.35. The minimum absolute atomic E-state index is 0.0784. The van der Waals surface area contributed by atoms with Crippen molar-refractivity contribution >= 4 is 17.5 Å². The van der Waals surface area contributed by atoms with Crippen molar-refractivity contribution < 1.29 is 18.7 Å². The normalized spacial score (nSPS) is 16.6. The van der Waals surface area contributed by atoms with Gasteiger partial charge in [0.15, 0.2) is 6.61 Å². The summed E-state index contributed by atoms with van der Waals surface area (Å²) in [6.45, 7) is 1.05. The zero-order valence-corrected chi connectivity index (χ0v) is 14.4. The molecule has 0 saturated carbocycles. The molecule has 132 valence electrons. The van der Waals surface area contributed by atoms with Gasteiger partial charge >= 0.3 is 0 Å². The zero-order valence-electron chi connectivity index (χ0n) is 13.6. The first kappa shape index (κ1) is 17.7. The number of hydrogen-bond acceptors (Lipinski definition) is 3. The summed E-state index contributed by atoms with van der Waals surface area (Å²) >= 11 is 5.87. The van der Waals surface area contributed by atoms with Crippen LogP contribution in [0.2, 0.25) is 5.02 Å². The van der Waals surface area contributed by atoms with Crippen LogP contribution in [-0.2, 0) is 9.53 Å². The standard InChI is InChI=1S/C19H19ClFNO3/c20-15-5-3-13(4-6-15)14-8-16(21)10-18(9-14)25-12-19(23)22-11-17-2-1-7-24-17/h3-6,8-10,17H,1-2,7,11-12H2,(H,22,23). The quantitative estimate of drug-likeness (QED) is 0.848. The van der Waals surface area contributed by atoms with E-state index >= 15 is 0 Å². The van der Waals surface area contributed by atoms with Gasteiger partial charge in [0.1, 0.15) is 11.6 Å². The zero-order chi connectivity index (χ0) is 17.6. The summed E-state index contributed by atoms with van der Waals surface area (Å²) in [5.41, 5.74) is 1.48. The molecule has 0 radical (unpaired) electrons. The van der Waals surface area contributed by atoms with Crippen LogP contribution in [-0.4, -0.2) is 31.8 Å². The fraction of sp³-hybridized carbons (Fsp3) is 0.316. The predicted octanol–water partition coefficient (Wildman–Crippen LogP) is 3.82. The Morgan fingerprint density at radius 3 is 2.76 bits per heavy atom. The molecule has 1 saturated heterocycles. The van der Waals surface area contributed by atoms with Crippen molar-refractivity contribution in [2.75, 3.05) is 19.8 Å². The van der Waals surface area contributed by atoms with Gasteiger partial charge < -0.3 is 14.8 Å². The van der Waals surface area contributed by atoms with Crippen molar-refractivity contribution in [1.82, 2.24) is 5.32 Å². The van der Waals surface area contributed by atoms with Crippen LogP contribution in [0.15, 0.2) is 42.5 Å². The van der Waals surface area contributed by atoms with Crippen molar-refractivity contribution in [3.8, 4) is 16.9 Å². The van der Waals surface area contributed by atoms with Gasteiger partial charge in [-0.2, -0.15) is 0 Å². The van der Waals surface area contributed by atoms with E-state index in [-0.39, 0.29) is 18.6 Å². The summed E-state index contributed by atoms with van der Waals surface area (Å²) in [4.78, 5) is 11.9. The number of rotatable bonds is 6. The third kappa shape index (κ3) is 5.18. The lowest BCUT2D eigenvalue weighted by Gasteiger charge is -2.12. The minimum atomic E-state index is -0.429. The Hall–Kier alpha value is -2.11. The number of amides is 1. The van der Waals surface area contributed by atoms with Crippen LogP contribution in [0.3, 0.4) is 0 Å². The van der Waals surface area contributed by atoms with Crippen molar-refractivity contribution in [2.45, 2.75) is 18.9 Å². The molecule has 1 aliphatic heterocycles. The van der Waals surface area contributed by atoms with Gasteiger partial charge in [0, 0.05) is 24.2 Å². The Morgan fingerprint density at radius 2 is 2.04 bits per heavy atom. The first-order valence-electron chi connectivity index (χ1n) is 8.18. The molecule has 3 rings (SSSR count). The molecule has 4 nitrogen and oxygen atoms in total. The molecule has 6 heteroatoms. The predicted molar refractivity (Wildman–Crippen MR) is 94.3 cm³/mol. The molecule has 1 amide bonds. The molecule has 1 unspecified atom stereocenters. The number of benzene rings is 2. The fourth-order valence-corrected chi connectivity index (χ4v) is 2.81. The van der Waals surface area contributed by atoms with Crippen LogP contribution in [0.25, 0.3) is 11.1 Å². The molecule has 2 aromatic rings. The van der Waals surface area contributed by atoms with Gasteiger partial charge in [0.25, 0.3) is 5.91 Å². The first-order valence-corrected chi connectivity index (χ1v) is 8.55. The van der Waals surface area contributed by atoms with E-state index in [1.165, 1.54) is 12.1 Å². The van der Waals surface area contributed by atoms with Gasteiger partial charge in [-0.25, -0.2) is 4.39 Å². The van der Waals surface area contributed by atoms with Crippen molar-refractivity contribution in [3.63, 3.8) is 0 Å². The fourth-order valence-electron chi connectivity index (χ4n) is 2.69. The highest BCUT2D eigenvalue weighted by Crippen LogP contribution is 2.26. The Morgan fingerprint density at radius 1 is 1.24 bits per heavy atom. The summed E-state index contributed by atoms with van der Waals surface area (Å²) < 4.78 is 24.7. The lowest BCUT2D eigenvalue weighted by molar-refractivity contribution is -0.123. The molecule has 25 heavy (non-hydrogen) atoms. The Labute approximate surface area is 150 Å². The molecule has 0 bridgehead atoms. The van der Waals surface area contributed by atoms with E-state index in [2.05, 4.69) is 5.32 Å². The maximum absolute atomic E-state index is 13.8. The van der Waals surface area contributed by atoms with E-state index in [1.807, 2.05) is 0 Å². The topological polar surface area (TPSA) is 47.6 Å². The van der Waals surface area contributed by atoms with Gasteiger partial charge in [-0.05, 0) is 48.2 Å². The molecule has 0 aromatic heterocycles. The molecular weight excluding hydrogens is 345 g/mol. The van der Waals surface area contributed by atoms with Crippen LogP contribution >= 0.6 is 11.6 Å². The molecule has 0 aliphatic carbocycles. The van der Waals surface area contributed by atoms with Crippen LogP contribution in [0.4, 0.5) is 4.39 Å². The van der Waals surface area contributed by atoms with Crippen molar-refractivity contribution in [1.29, 1.82) is 0 Å². The second kappa shape index (κ2) is 8.32. The van der Waals surface area contributed by atoms with Gasteiger partial charge in [0.2, 0.25) is 0 Å². The van der Waals surface area contributed by atoms with E-state index in [0.717, 1.165) is 25.0 Å². The summed E-state index contributed by atoms with van der Waals surface area (Å²) in [6, 6.07) is 11.4. The maximum Gasteiger partial charge on any atom is 0.258 e. The highest BCUT2D eigenvalue weighted by Gasteiger charge is 2.16. The molecule has 1 heterocycles. The number of halogens is 2. The highest BCUT2D eigenvalue weighted by molar-refractivity contribution is 6.30. The van der Waals surface area contributed by atoms with Gasteiger partial charge in [-0.15, -0.1) is 0 Å². The molecule has 1 atom stereocenters. The van der Waals surface area contributed by atoms with E-state index < -0.39 is 5.82 Å². The Balaban J connectivity index is 1.58. The average molecular weight is 364 g/mol. The number of ether oxygens (including phenoxy) is 2. The summed E-state index contributed by atoms with van der Waals surface area (Å²) in [6.07, 6.45) is 2.05. The summed E-state index contributed by atoms with van der Waals surface area (Å²) in [5.74, 6) is -0.382. The number of hydrogen-bond donors (Lipinski definition) is 1. The second-order valence-corrected chi connectivity index (χ2v) is 6.35. The van der Waals surface area contributed by atoms with Crippen molar-refractivity contribution in [3.05, 3.63) is 53.3 Å². The summed E-state index contributed by atoms with van der Waals surface area (Å²) in [7, 11) is 0. The van der Waals surface area contributed by atoms with Crippen LogP contribution in [0.1, 0.15) is 12.8 Å². The van der Waals surface area contributed by atoms with E-state index in [9.17, 15) is 9.18 Å². The third-order valence-corrected chi connectivity index (χ3v) is 4.22. The molecule has 2 aromatic carbocycles. The number of nitrogens with one attached hydrogen (secondary N) is 1. The molecule has 0 spiro atoms. The largest absolute Gasteiger partial charge is 0.484 e. The van der Waals surface area contributed by atoms with Crippen LogP contribution in [0.5, 0.6) is 5.75 Å². The lowest BCUT2D eigenvalue weighted by atomic mass is 10.1. The molecule has 1 N–H and O–H groups in total. The monoisotopic (exact) mass is 363 g/mol. The van der Waals surface area contributed by atoms with Gasteiger partial charge in [0.05, 0.1) is 6.10 Å². The highest BCUT2D eigenvalue weighted by atomic mass is 35.5. The van der Waals surface area contributed by atoms with E-state index in [1.54, 1.807) is 30.3 Å². The smallest absolute Gasteiger partial charge is 0.258 e. The van der Waals surface area contributed by atoms with E-state index in [0.29, 0.717) is 22.9 Å². The number of carbonyl (C=O) groups excluding carboxylic acids is 1. The Kier molecular flexibility index (Phi) is 5.89. The third-order valence-electron chi connectivity index (χ3n) is 3.97. The van der Waals surface area contributed by atoms with Crippen LogP contribution in [0, 0.1) is 5.82 Å². The molecule has 1 aliphatic rings. The molecule has 1 fully saturated rings. The number of carbonyl (C=O) groups is 1. The SMILES string of the molecule is O=C(COc1cc(F)cc(-c2ccc(Cl)cc2)c1)NCC1CCCO1. The first-order chi connectivity index (χ1) is 12.1. The van der Waals surface area contributed by atoms with Crippen molar-refractivity contribution in [2.24, 2.45) is 0 Å². The maximum atomic E-state index is 13.8. The second-order valence-electron chi connectivity index (χ2n) is 5.91. The van der Waals surface area contributed by atoms with Gasteiger partial charge in [-0.1, -0.05) is 23.7 Å². The minimum Gasteiger partial charge on any atom is -0.484 e. The van der Waals surface area contributed by atoms with Crippen LogP contribution < -0.4 is 10.1 Å². The Bertz CT molecular complexity index is 730. The van der Waals surface area contributed by atoms with E-state index in [4.69, 9.17) is 21.1 Å². The average Bonchev–Trinajstić information content (AvgIpc) is 3.12. The molecular formula is C19H19ClFNO3.